The zero-order valence-corrected chi connectivity index (χ0v) is 19.5. The Hall–Kier alpha value is -2.30. The van der Waals surface area contributed by atoms with E-state index in [1.165, 1.54) is 4.90 Å². The van der Waals surface area contributed by atoms with E-state index in [-0.39, 0.29) is 36.7 Å². The maximum atomic E-state index is 12.8. The van der Waals surface area contributed by atoms with Gasteiger partial charge in [-0.05, 0) is 24.4 Å². The summed E-state index contributed by atoms with van der Waals surface area (Å²) < 4.78 is 11.7. The van der Waals surface area contributed by atoms with Crippen molar-refractivity contribution < 1.29 is 18.8 Å². The van der Waals surface area contributed by atoms with Gasteiger partial charge < -0.3 is 14.1 Å². The number of ether oxygens (including phenoxy) is 1. The summed E-state index contributed by atoms with van der Waals surface area (Å²) in [5, 5.41) is 0.112. The number of rotatable bonds is 6. The average Bonchev–Trinajstić information content (AvgIpc) is 2.66. The highest BCUT2D eigenvalue weighted by atomic mass is 28.2. The third-order valence-electron chi connectivity index (χ3n) is 4.82. The van der Waals surface area contributed by atoms with Crippen LogP contribution in [-0.4, -0.2) is 62.8 Å². The lowest BCUT2D eigenvalue weighted by atomic mass is 9.94. The van der Waals surface area contributed by atoms with E-state index < -0.39 is 21.5 Å². The lowest BCUT2D eigenvalue weighted by Crippen LogP contribution is -2.65. The molecular formula is C22H32N2O4Si. The predicted octanol–water partition coefficient (Wildman–Crippen LogP) is 2.57. The van der Waals surface area contributed by atoms with Crippen LogP contribution in [0.15, 0.2) is 30.3 Å². The second kappa shape index (κ2) is 9.46. The minimum atomic E-state index is -0.858. The first-order valence-corrected chi connectivity index (χ1v) is 11.1. The molecule has 158 valence electrons. The van der Waals surface area contributed by atoms with Gasteiger partial charge >= 0.3 is 6.09 Å². The van der Waals surface area contributed by atoms with Crippen molar-refractivity contribution in [1.82, 2.24) is 9.80 Å². The Bertz CT molecular complexity index is 752. The molecule has 0 aromatic heterocycles. The van der Waals surface area contributed by atoms with Gasteiger partial charge in [-0.25, -0.2) is 4.79 Å². The molecule has 1 aliphatic rings. The topological polar surface area (TPSA) is 59.1 Å². The highest BCUT2D eigenvalue weighted by Crippen LogP contribution is 2.29. The monoisotopic (exact) mass is 416 g/mol. The van der Waals surface area contributed by atoms with Crippen LogP contribution in [-0.2, 0) is 20.6 Å². The van der Waals surface area contributed by atoms with E-state index >= 15 is 0 Å². The number of carbonyl (C=O) groups excluding carboxylic acids is 2. The van der Waals surface area contributed by atoms with Gasteiger partial charge in [0.15, 0.2) is 9.76 Å². The van der Waals surface area contributed by atoms with Gasteiger partial charge in [-0.3, -0.25) is 9.69 Å². The minimum absolute atomic E-state index is 0.0431. The van der Waals surface area contributed by atoms with Gasteiger partial charge in [0.2, 0.25) is 5.91 Å². The SMILES string of the molecule is C#CCN1C(=O)CN(C(=O)OCc2ccccc2)C[C@@H]1C(C)(C)O[SiH2]C(C)(C)C. The van der Waals surface area contributed by atoms with E-state index in [0.29, 0.717) is 6.54 Å². The fourth-order valence-electron chi connectivity index (χ4n) is 3.14. The molecule has 1 aromatic carbocycles. The summed E-state index contributed by atoms with van der Waals surface area (Å²) >= 11 is 0. The van der Waals surface area contributed by atoms with Crippen LogP contribution in [0.4, 0.5) is 4.79 Å². The smallest absolute Gasteiger partial charge is 0.410 e. The maximum absolute atomic E-state index is 12.8. The zero-order valence-electron chi connectivity index (χ0n) is 18.1. The Morgan fingerprint density at radius 3 is 2.48 bits per heavy atom. The third-order valence-corrected chi connectivity index (χ3v) is 6.58. The van der Waals surface area contributed by atoms with E-state index in [1.807, 2.05) is 44.2 Å². The average molecular weight is 417 g/mol. The number of hydrogen-bond donors (Lipinski definition) is 0. The fourth-order valence-corrected chi connectivity index (χ4v) is 4.14. The number of carbonyl (C=O) groups is 2. The summed E-state index contributed by atoms with van der Waals surface area (Å²) in [6, 6.07) is 9.13. The maximum Gasteiger partial charge on any atom is 0.410 e. The van der Waals surface area contributed by atoms with Crippen LogP contribution in [0.25, 0.3) is 0 Å². The molecule has 0 N–H and O–H groups in total. The molecule has 0 bridgehead atoms. The summed E-state index contributed by atoms with van der Waals surface area (Å²) in [6.07, 6.45) is 4.99. The second-order valence-electron chi connectivity index (χ2n) is 9.12. The highest BCUT2D eigenvalue weighted by Gasteiger charge is 2.44. The Morgan fingerprint density at radius 2 is 1.90 bits per heavy atom. The molecule has 6 nitrogen and oxygen atoms in total. The minimum Gasteiger partial charge on any atom is -0.445 e. The Kier molecular flexibility index (Phi) is 7.50. The lowest BCUT2D eigenvalue weighted by molar-refractivity contribution is -0.145. The quantitative estimate of drug-likeness (QED) is 0.528. The number of hydrogen-bond acceptors (Lipinski definition) is 4. The van der Waals surface area contributed by atoms with E-state index in [9.17, 15) is 9.59 Å². The van der Waals surface area contributed by atoms with Crippen molar-refractivity contribution in [2.45, 2.75) is 57.9 Å². The van der Waals surface area contributed by atoms with Crippen LogP contribution in [0.2, 0.25) is 5.04 Å². The van der Waals surface area contributed by atoms with Crippen molar-refractivity contribution in [3.05, 3.63) is 35.9 Å². The molecule has 2 rings (SSSR count). The van der Waals surface area contributed by atoms with Crippen LogP contribution in [0.3, 0.4) is 0 Å². The van der Waals surface area contributed by atoms with Crippen LogP contribution in [0, 0.1) is 12.3 Å². The van der Waals surface area contributed by atoms with Gasteiger partial charge in [-0.2, -0.15) is 0 Å². The molecular weight excluding hydrogens is 384 g/mol. The summed E-state index contributed by atoms with van der Waals surface area (Å²) in [7, 11) is -0.858. The number of piperazine rings is 1. The molecule has 0 aliphatic carbocycles. The molecule has 7 heteroatoms. The van der Waals surface area contributed by atoms with Gasteiger partial charge in [-0.15, -0.1) is 6.42 Å². The van der Waals surface area contributed by atoms with E-state index in [4.69, 9.17) is 15.6 Å². The lowest BCUT2D eigenvalue weighted by Gasteiger charge is -2.47. The highest BCUT2D eigenvalue weighted by molar-refractivity contribution is 6.31. The predicted molar refractivity (Wildman–Crippen MR) is 116 cm³/mol. The molecule has 0 unspecified atom stereocenters. The normalized spacial score (nSPS) is 18.2. The molecule has 0 spiro atoms. The summed E-state index contributed by atoms with van der Waals surface area (Å²) in [4.78, 5) is 28.5. The van der Waals surface area contributed by atoms with E-state index in [0.717, 1.165) is 5.56 Å². The molecule has 1 atom stereocenters. The van der Waals surface area contributed by atoms with Crippen molar-refractivity contribution >= 4 is 21.8 Å². The first-order valence-electron chi connectivity index (χ1n) is 9.86. The summed E-state index contributed by atoms with van der Waals surface area (Å²) in [5.41, 5.74) is 0.277. The summed E-state index contributed by atoms with van der Waals surface area (Å²) in [5.74, 6) is 2.37. The van der Waals surface area contributed by atoms with Crippen molar-refractivity contribution in [2.24, 2.45) is 0 Å². The van der Waals surface area contributed by atoms with Crippen LogP contribution >= 0.6 is 0 Å². The molecule has 0 radical (unpaired) electrons. The molecule has 29 heavy (non-hydrogen) atoms. The van der Waals surface area contributed by atoms with Gasteiger partial charge in [0.25, 0.3) is 0 Å². The number of amides is 2. The number of benzene rings is 1. The van der Waals surface area contributed by atoms with Crippen molar-refractivity contribution in [3.63, 3.8) is 0 Å². The molecule has 1 saturated heterocycles. The van der Waals surface area contributed by atoms with Gasteiger partial charge in [-0.1, -0.05) is 57.0 Å². The van der Waals surface area contributed by atoms with Crippen LogP contribution < -0.4 is 0 Å². The Labute approximate surface area is 176 Å². The standard InChI is InChI=1S/C22H32N2O4Si/c1-7-13-24-18(22(5,6)28-29-21(2,3)4)14-23(15-19(24)25)20(26)27-16-17-11-9-8-10-12-17/h1,8-12,18H,13-16,29H2,2-6H3/t18-/m1/s1. The zero-order chi connectivity index (χ0) is 21.7. The van der Waals surface area contributed by atoms with Crippen molar-refractivity contribution in [1.29, 1.82) is 0 Å². The third kappa shape index (κ3) is 6.62. The van der Waals surface area contributed by atoms with Crippen LogP contribution in [0.1, 0.15) is 40.2 Å². The molecule has 1 aromatic rings. The fraction of sp³-hybridized carbons (Fsp3) is 0.545. The van der Waals surface area contributed by atoms with E-state index in [1.54, 1.807) is 4.90 Å². The van der Waals surface area contributed by atoms with Crippen LogP contribution in [0.5, 0.6) is 0 Å². The Balaban J connectivity index is 2.11. The van der Waals surface area contributed by atoms with Crippen molar-refractivity contribution in [2.75, 3.05) is 19.6 Å². The largest absolute Gasteiger partial charge is 0.445 e. The molecule has 1 aliphatic heterocycles. The second-order valence-corrected chi connectivity index (χ2v) is 11.8. The summed E-state index contributed by atoms with van der Waals surface area (Å²) in [6.45, 7) is 11.0. The molecule has 1 fully saturated rings. The van der Waals surface area contributed by atoms with Gasteiger partial charge in [0.05, 0.1) is 18.2 Å². The van der Waals surface area contributed by atoms with Gasteiger partial charge in [0, 0.05) is 6.54 Å². The number of nitrogens with zero attached hydrogens (tertiary/aromatic N) is 2. The molecule has 2 amide bonds. The first kappa shape index (κ1) is 23.0. The molecule has 0 saturated carbocycles. The Morgan fingerprint density at radius 1 is 1.24 bits per heavy atom. The van der Waals surface area contributed by atoms with Crippen molar-refractivity contribution in [3.8, 4) is 12.3 Å². The van der Waals surface area contributed by atoms with Gasteiger partial charge in [0.1, 0.15) is 13.2 Å². The van der Waals surface area contributed by atoms with E-state index in [2.05, 4.69) is 26.7 Å². The molecule has 1 heterocycles. The first-order chi connectivity index (χ1) is 13.5. The number of terminal acetylenes is 1.